The summed E-state index contributed by atoms with van der Waals surface area (Å²) >= 11 is 0. The van der Waals surface area contributed by atoms with Gasteiger partial charge in [-0.1, -0.05) is 38.5 Å². The van der Waals surface area contributed by atoms with Gasteiger partial charge in [0.25, 0.3) is 0 Å². The van der Waals surface area contributed by atoms with Gasteiger partial charge < -0.3 is 10.5 Å². The van der Waals surface area contributed by atoms with E-state index in [-0.39, 0.29) is 11.7 Å². The summed E-state index contributed by atoms with van der Waals surface area (Å²) in [5, 5.41) is 0. The largest absolute Gasteiger partial charge is 0.573 e. The Balaban J connectivity index is 2.99. The van der Waals surface area contributed by atoms with E-state index in [2.05, 4.69) is 4.74 Å². The van der Waals surface area contributed by atoms with Crippen molar-refractivity contribution in [1.82, 2.24) is 0 Å². The van der Waals surface area contributed by atoms with Gasteiger partial charge in [0, 0.05) is 11.6 Å². The lowest BCUT2D eigenvalue weighted by molar-refractivity contribution is -0.275. The van der Waals surface area contributed by atoms with Crippen molar-refractivity contribution in [3.63, 3.8) is 0 Å². The van der Waals surface area contributed by atoms with E-state index >= 15 is 0 Å². The topological polar surface area (TPSA) is 35.2 Å². The van der Waals surface area contributed by atoms with Gasteiger partial charge in [0.05, 0.1) is 0 Å². The van der Waals surface area contributed by atoms with Crippen LogP contribution >= 0.6 is 0 Å². The van der Waals surface area contributed by atoms with Crippen LogP contribution in [0.1, 0.15) is 31.9 Å². The monoisotopic (exact) mass is 247 g/mol. The Morgan fingerprint density at radius 3 is 2.41 bits per heavy atom. The molecule has 0 aliphatic heterocycles. The third-order valence-corrected chi connectivity index (χ3v) is 2.76. The molecule has 2 N–H and O–H groups in total. The fraction of sp³-hybridized carbons (Fsp3) is 0.500. The average molecular weight is 247 g/mol. The van der Waals surface area contributed by atoms with Crippen LogP contribution in [-0.4, -0.2) is 6.36 Å². The SMILES string of the molecule is CCC(C)[C@H](N)c1ccccc1OC(F)(F)F. The van der Waals surface area contributed by atoms with Crippen LogP contribution in [0.3, 0.4) is 0 Å². The van der Waals surface area contributed by atoms with Crippen molar-refractivity contribution in [2.75, 3.05) is 0 Å². The first-order valence-corrected chi connectivity index (χ1v) is 5.45. The Bertz CT molecular complexity index is 365. The van der Waals surface area contributed by atoms with Crippen molar-refractivity contribution in [1.29, 1.82) is 0 Å². The molecule has 1 aromatic rings. The molecule has 0 amide bonds. The average Bonchev–Trinajstić information content (AvgIpc) is 2.25. The zero-order valence-corrected chi connectivity index (χ0v) is 9.79. The van der Waals surface area contributed by atoms with Gasteiger partial charge in [-0.15, -0.1) is 13.2 Å². The number of rotatable bonds is 4. The first-order chi connectivity index (χ1) is 7.85. The van der Waals surface area contributed by atoms with Gasteiger partial charge in [0.1, 0.15) is 5.75 Å². The zero-order chi connectivity index (χ0) is 13.1. The molecule has 96 valence electrons. The minimum Gasteiger partial charge on any atom is -0.405 e. The summed E-state index contributed by atoms with van der Waals surface area (Å²) in [7, 11) is 0. The number of nitrogens with two attached hydrogens (primary N) is 1. The molecule has 1 unspecified atom stereocenters. The fourth-order valence-electron chi connectivity index (χ4n) is 1.53. The third-order valence-electron chi connectivity index (χ3n) is 2.76. The summed E-state index contributed by atoms with van der Waals surface area (Å²) in [4.78, 5) is 0. The highest BCUT2D eigenvalue weighted by molar-refractivity contribution is 5.36. The van der Waals surface area contributed by atoms with Gasteiger partial charge in [-0.25, -0.2) is 0 Å². The summed E-state index contributed by atoms with van der Waals surface area (Å²) in [6.45, 7) is 3.84. The van der Waals surface area contributed by atoms with Crippen molar-refractivity contribution < 1.29 is 17.9 Å². The van der Waals surface area contributed by atoms with Crippen molar-refractivity contribution in [3.05, 3.63) is 29.8 Å². The molecule has 0 bridgehead atoms. The highest BCUT2D eigenvalue weighted by Gasteiger charge is 2.32. The molecule has 0 saturated carbocycles. The van der Waals surface area contributed by atoms with Crippen LogP contribution in [0.25, 0.3) is 0 Å². The van der Waals surface area contributed by atoms with E-state index in [9.17, 15) is 13.2 Å². The Labute approximate surface area is 98.6 Å². The number of hydrogen-bond donors (Lipinski definition) is 1. The molecule has 5 heteroatoms. The molecule has 0 heterocycles. The first-order valence-electron chi connectivity index (χ1n) is 5.45. The maximum absolute atomic E-state index is 12.2. The fourth-order valence-corrected chi connectivity index (χ4v) is 1.53. The van der Waals surface area contributed by atoms with Crippen LogP contribution < -0.4 is 10.5 Å². The number of benzene rings is 1. The number of hydrogen-bond acceptors (Lipinski definition) is 2. The van der Waals surface area contributed by atoms with Crippen LogP contribution in [-0.2, 0) is 0 Å². The van der Waals surface area contributed by atoms with Crippen LogP contribution in [0, 0.1) is 5.92 Å². The molecule has 0 aromatic heterocycles. The van der Waals surface area contributed by atoms with E-state index in [1.807, 2.05) is 13.8 Å². The Kier molecular flexibility index (Phi) is 4.40. The van der Waals surface area contributed by atoms with Gasteiger partial charge in [-0.05, 0) is 12.0 Å². The summed E-state index contributed by atoms with van der Waals surface area (Å²) in [6, 6.07) is 5.54. The van der Waals surface area contributed by atoms with E-state index < -0.39 is 12.4 Å². The first kappa shape index (κ1) is 13.8. The summed E-state index contributed by atoms with van der Waals surface area (Å²) in [5.41, 5.74) is 6.31. The second kappa shape index (κ2) is 5.40. The lowest BCUT2D eigenvalue weighted by Gasteiger charge is -2.22. The number of alkyl halides is 3. The summed E-state index contributed by atoms with van der Waals surface area (Å²) < 4.78 is 40.6. The number of para-hydroxylation sites is 1. The molecule has 2 nitrogen and oxygen atoms in total. The quantitative estimate of drug-likeness (QED) is 0.881. The minimum atomic E-state index is -4.69. The smallest absolute Gasteiger partial charge is 0.405 e. The van der Waals surface area contributed by atoms with Crippen molar-refractivity contribution in [2.24, 2.45) is 11.7 Å². The van der Waals surface area contributed by atoms with Gasteiger partial charge in [-0.3, -0.25) is 0 Å². The summed E-state index contributed by atoms with van der Waals surface area (Å²) in [6.07, 6.45) is -3.90. The Morgan fingerprint density at radius 2 is 1.88 bits per heavy atom. The molecule has 2 atom stereocenters. The maximum Gasteiger partial charge on any atom is 0.573 e. The molecule has 1 rings (SSSR count). The second-order valence-corrected chi connectivity index (χ2v) is 4.00. The molecule has 0 radical (unpaired) electrons. The van der Waals surface area contributed by atoms with E-state index in [4.69, 9.17) is 5.73 Å². The number of ether oxygens (including phenoxy) is 1. The van der Waals surface area contributed by atoms with Crippen molar-refractivity contribution in [2.45, 2.75) is 32.7 Å². The minimum absolute atomic E-state index is 0.0907. The molecule has 0 spiro atoms. The number of halogens is 3. The predicted octanol–water partition coefficient (Wildman–Crippen LogP) is 3.63. The molecular weight excluding hydrogens is 231 g/mol. The Morgan fingerprint density at radius 1 is 1.29 bits per heavy atom. The molecule has 0 aliphatic rings. The normalized spacial score (nSPS) is 15.4. The van der Waals surface area contributed by atoms with Gasteiger partial charge in [0.2, 0.25) is 0 Å². The third kappa shape index (κ3) is 3.93. The van der Waals surface area contributed by atoms with Crippen LogP contribution in [0.15, 0.2) is 24.3 Å². The zero-order valence-electron chi connectivity index (χ0n) is 9.79. The molecule has 1 aromatic carbocycles. The van der Waals surface area contributed by atoms with Crippen molar-refractivity contribution >= 4 is 0 Å². The second-order valence-electron chi connectivity index (χ2n) is 4.00. The lowest BCUT2D eigenvalue weighted by Crippen LogP contribution is -2.23. The highest BCUT2D eigenvalue weighted by Crippen LogP contribution is 2.32. The lowest BCUT2D eigenvalue weighted by atomic mass is 9.93. The highest BCUT2D eigenvalue weighted by atomic mass is 19.4. The molecule has 0 fully saturated rings. The van der Waals surface area contributed by atoms with E-state index in [1.54, 1.807) is 12.1 Å². The van der Waals surface area contributed by atoms with E-state index in [1.165, 1.54) is 12.1 Å². The standard InChI is InChI=1S/C12H16F3NO/c1-3-8(2)11(16)9-6-4-5-7-10(9)17-12(13,14)15/h4-8,11H,3,16H2,1-2H3/t8?,11-/m0/s1. The van der Waals surface area contributed by atoms with E-state index in [0.29, 0.717) is 5.56 Å². The van der Waals surface area contributed by atoms with Gasteiger partial charge >= 0.3 is 6.36 Å². The maximum atomic E-state index is 12.2. The predicted molar refractivity (Wildman–Crippen MR) is 59.5 cm³/mol. The molecular formula is C12H16F3NO. The van der Waals surface area contributed by atoms with Crippen LogP contribution in [0.4, 0.5) is 13.2 Å². The van der Waals surface area contributed by atoms with Gasteiger partial charge in [0.15, 0.2) is 0 Å². The molecule has 0 saturated heterocycles. The van der Waals surface area contributed by atoms with Gasteiger partial charge in [-0.2, -0.15) is 0 Å². The Hall–Kier alpha value is -1.23. The van der Waals surface area contributed by atoms with Crippen LogP contribution in [0.5, 0.6) is 5.75 Å². The molecule has 17 heavy (non-hydrogen) atoms. The van der Waals surface area contributed by atoms with E-state index in [0.717, 1.165) is 6.42 Å². The van der Waals surface area contributed by atoms with Crippen molar-refractivity contribution in [3.8, 4) is 5.75 Å². The summed E-state index contributed by atoms with van der Waals surface area (Å²) in [5.74, 6) is -0.124. The molecule has 0 aliphatic carbocycles. The van der Waals surface area contributed by atoms with Crippen LogP contribution in [0.2, 0.25) is 0 Å².